The molecule has 0 heterocycles. The Morgan fingerprint density at radius 1 is 0.463 bits per heavy atom. The highest BCUT2D eigenvalue weighted by atomic mass is 32.2. The molecule has 0 fully saturated rings. The first-order chi connectivity index (χ1) is 20.0. The summed E-state index contributed by atoms with van der Waals surface area (Å²) in [5.74, 6) is 0. The zero-order chi connectivity index (χ0) is 28.9. The average Bonchev–Trinajstić information content (AvgIpc) is 3.01. The van der Waals surface area contributed by atoms with Crippen molar-refractivity contribution in [2.75, 3.05) is 0 Å². The van der Waals surface area contributed by atoms with Gasteiger partial charge in [-0.15, -0.1) is 0 Å². The van der Waals surface area contributed by atoms with Crippen molar-refractivity contribution in [3.8, 4) is 34.4 Å². The van der Waals surface area contributed by atoms with E-state index < -0.39 is 0 Å². The second-order valence-electron chi connectivity index (χ2n) is 9.64. The van der Waals surface area contributed by atoms with Gasteiger partial charge in [0.1, 0.15) is 0 Å². The Morgan fingerprint density at radius 3 is 1.07 bits per heavy atom. The summed E-state index contributed by atoms with van der Waals surface area (Å²) in [5.41, 5.74) is 5.48. The van der Waals surface area contributed by atoms with Crippen LogP contribution in [0.5, 0.6) is 0 Å². The lowest BCUT2D eigenvalue weighted by atomic mass is 10.0. The number of benzene rings is 4. The standard InChI is InChI=1S/C35H30N2O2S2/c36-24-26-8-12-28(13-9-26)30-16-20-32(21-17-30)40-34(38)6-4-2-1-3-5-7-35(39)41-33-22-18-31(19-23-33)29-14-10-27(25-37)11-15-29/h8-23H,1-7H2. The van der Waals surface area contributed by atoms with Gasteiger partial charge in [-0.3, -0.25) is 9.59 Å². The van der Waals surface area contributed by atoms with Gasteiger partial charge >= 0.3 is 0 Å². The molecule has 0 unspecified atom stereocenters. The van der Waals surface area contributed by atoms with E-state index in [4.69, 9.17) is 10.5 Å². The van der Waals surface area contributed by atoms with Crippen LogP contribution in [0.1, 0.15) is 56.1 Å². The van der Waals surface area contributed by atoms with Crippen molar-refractivity contribution < 1.29 is 9.59 Å². The number of hydrogen-bond acceptors (Lipinski definition) is 6. The Labute approximate surface area is 250 Å². The van der Waals surface area contributed by atoms with E-state index in [1.165, 1.54) is 23.5 Å². The number of nitriles is 2. The van der Waals surface area contributed by atoms with Gasteiger partial charge < -0.3 is 0 Å². The number of thioether (sulfide) groups is 2. The summed E-state index contributed by atoms with van der Waals surface area (Å²) in [6, 6.07) is 35.1. The van der Waals surface area contributed by atoms with E-state index in [2.05, 4.69) is 12.1 Å². The lowest BCUT2D eigenvalue weighted by molar-refractivity contribution is -0.111. The van der Waals surface area contributed by atoms with Crippen molar-refractivity contribution in [2.24, 2.45) is 0 Å². The van der Waals surface area contributed by atoms with Gasteiger partial charge in [-0.1, -0.05) is 91.3 Å². The first-order valence-corrected chi connectivity index (χ1v) is 15.3. The van der Waals surface area contributed by atoms with Gasteiger partial charge in [0.2, 0.25) is 0 Å². The molecule has 0 N–H and O–H groups in total. The van der Waals surface area contributed by atoms with Crippen LogP contribution in [-0.2, 0) is 9.59 Å². The van der Waals surface area contributed by atoms with E-state index in [0.29, 0.717) is 24.0 Å². The van der Waals surface area contributed by atoms with Gasteiger partial charge in [0.15, 0.2) is 10.2 Å². The first-order valence-electron chi connectivity index (χ1n) is 13.7. The van der Waals surface area contributed by atoms with Crippen LogP contribution in [0.15, 0.2) is 107 Å². The number of rotatable bonds is 12. The minimum absolute atomic E-state index is 0.174. The highest BCUT2D eigenvalue weighted by Gasteiger charge is 2.08. The average molecular weight is 575 g/mol. The summed E-state index contributed by atoms with van der Waals surface area (Å²) in [6.45, 7) is 0. The lowest BCUT2D eigenvalue weighted by Gasteiger charge is -2.05. The van der Waals surface area contributed by atoms with Crippen molar-refractivity contribution in [1.29, 1.82) is 10.5 Å². The fraction of sp³-hybridized carbons (Fsp3) is 0.200. The summed E-state index contributed by atoms with van der Waals surface area (Å²) in [7, 11) is 0. The molecule has 6 heteroatoms. The Kier molecular flexibility index (Phi) is 11.4. The van der Waals surface area contributed by atoms with Crippen molar-refractivity contribution >= 4 is 33.8 Å². The molecular weight excluding hydrogens is 545 g/mol. The molecule has 0 saturated heterocycles. The number of unbranched alkanes of at least 4 members (excludes halogenated alkanes) is 4. The van der Waals surface area contributed by atoms with Crippen LogP contribution in [0.4, 0.5) is 0 Å². The van der Waals surface area contributed by atoms with Crippen molar-refractivity contribution in [3.63, 3.8) is 0 Å². The van der Waals surface area contributed by atoms with Crippen molar-refractivity contribution in [3.05, 3.63) is 108 Å². The van der Waals surface area contributed by atoms with Crippen LogP contribution in [0.2, 0.25) is 0 Å². The van der Waals surface area contributed by atoms with Crippen LogP contribution in [0, 0.1) is 22.7 Å². The monoisotopic (exact) mass is 574 g/mol. The van der Waals surface area contributed by atoms with E-state index in [9.17, 15) is 9.59 Å². The van der Waals surface area contributed by atoms with Gasteiger partial charge in [0.25, 0.3) is 0 Å². The zero-order valence-electron chi connectivity index (χ0n) is 22.7. The zero-order valence-corrected chi connectivity index (χ0v) is 24.3. The Morgan fingerprint density at radius 2 is 0.756 bits per heavy atom. The van der Waals surface area contributed by atoms with E-state index in [1.807, 2.05) is 72.8 Å². The summed E-state index contributed by atoms with van der Waals surface area (Å²) in [6.07, 6.45) is 5.83. The summed E-state index contributed by atoms with van der Waals surface area (Å²) < 4.78 is 0. The van der Waals surface area contributed by atoms with Crippen LogP contribution < -0.4 is 0 Å². The van der Waals surface area contributed by atoms with Crippen LogP contribution in [0.3, 0.4) is 0 Å². The number of nitrogens with zero attached hydrogens (tertiary/aromatic N) is 2. The molecule has 0 aliphatic heterocycles. The molecule has 4 nitrogen and oxygen atoms in total. The molecular formula is C35H30N2O2S2. The van der Waals surface area contributed by atoms with Gasteiger partial charge in [0.05, 0.1) is 23.3 Å². The molecule has 0 bridgehead atoms. The summed E-state index contributed by atoms with van der Waals surface area (Å²) in [5, 5.41) is 18.2. The minimum Gasteiger partial charge on any atom is -0.287 e. The smallest absolute Gasteiger partial charge is 0.193 e. The number of carbonyl (C=O) groups is 2. The maximum Gasteiger partial charge on any atom is 0.193 e. The third-order valence-electron chi connectivity index (χ3n) is 6.63. The fourth-order valence-electron chi connectivity index (χ4n) is 4.34. The molecule has 4 aromatic rings. The molecule has 0 saturated carbocycles. The van der Waals surface area contributed by atoms with Gasteiger partial charge in [0, 0.05) is 22.6 Å². The Balaban J connectivity index is 1.07. The normalized spacial score (nSPS) is 10.5. The molecule has 4 aromatic carbocycles. The molecule has 4 rings (SSSR count). The molecule has 0 amide bonds. The predicted octanol–water partition coefficient (Wildman–Crippen LogP) is 9.43. The van der Waals surface area contributed by atoms with E-state index in [0.717, 1.165) is 64.1 Å². The Bertz CT molecular complexity index is 1410. The maximum absolute atomic E-state index is 12.4. The summed E-state index contributed by atoms with van der Waals surface area (Å²) in [4.78, 5) is 26.7. The molecule has 0 radical (unpaired) electrons. The van der Waals surface area contributed by atoms with Crippen molar-refractivity contribution in [2.45, 2.75) is 54.7 Å². The van der Waals surface area contributed by atoms with Gasteiger partial charge in [-0.25, -0.2) is 0 Å². The molecule has 41 heavy (non-hydrogen) atoms. The van der Waals surface area contributed by atoms with E-state index in [1.54, 1.807) is 24.3 Å². The van der Waals surface area contributed by atoms with E-state index >= 15 is 0 Å². The van der Waals surface area contributed by atoms with E-state index in [-0.39, 0.29) is 10.2 Å². The predicted molar refractivity (Wildman–Crippen MR) is 167 cm³/mol. The third kappa shape index (κ3) is 9.50. The molecule has 0 spiro atoms. The lowest BCUT2D eigenvalue weighted by Crippen LogP contribution is -1.93. The minimum atomic E-state index is 0.174. The fourth-order valence-corrected chi connectivity index (χ4v) is 5.90. The van der Waals surface area contributed by atoms with Crippen LogP contribution >= 0.6 is 23.5 Å². The first kappa shape index (κ1) is 29.9. The second kappa shape index (κ2) is 15.6. The molecule has 0 atom stereocenters. The highest BCUT2D eigenvalue weighted by molar-refractivity contribution is 8.13. The van der Waals surface area contributed by atoms with Crippen LogP contribution in [-0.4, -0.2) is 10.2 Å². The van der Waals surface area contributed by atoms with Crippen LogP contribution in [0.25, 0.3) is 22.3 Å². The van der Waals surface area contributed by atoms with Gasteiger partial charge in [-0.2, -0.15) is 10.5 Å². The third-order valence-corrected chi connectivity index (χ3v) is 8.51. The molecule has 0 aliphatic rings. The molecule has 0 aromatic heterocycles. The topological polar surface area (TPSA) is 81.7 Å². The second-order valence-corrected chi connectivity index (χ2v) is 11.9. The number of hydrogen-bond donors (Lipinski definition) is 0. The highest BCUT2D eigenvalue weighted by Crippen LogP contribution is 2.28. The molecule has 204 valence electrons. The largest absolute Gasteiger partial charge is 0.287 e. The SMILES string of the molecule is N#Cc1ccc(-c2ccc(SC(=O)CCCCCCCC(=O)Sc3ccc(-c4ccc(C#N)cc4)cc3)cc2)cc1. The van der Waals surface area contributed by atoms with Crippen molar-refractivity contribution in [1.82, 2.24) is 0 Å². The maximum atomic E-state index is 12.4. The Hall–Kier alpha value is -4.10. The summed E-state index contributed by atoms with van der Waals surface area (Å²) >= 11 is 2.57. The number of carbonyl (C=O) groups excluding carboxylic acids is 2. The molecule has 0 aliphatic carbocycles. The quantitative estimate of drug-likeness (QED) is 0.124. The van der Waals surface area contributed by atoms with Gasteiger partial charge in [-0.05, 0) is 83.6 Å².